The lowest BCUT2D eigenvalue weighted by atomic mass is 9.87. The molecule has 0 amide bonds. The highest BCUT2D eigenvalue weighted by molar-refractivity contribution is 5.92. The molecule has 0 spiro atoms. The highest BCUT2D eigenvalue weighted by Crippen LogP contribution is 2.40. The molecule has 5 nitrogen and oxygen atoms in total. The average molecular weight is 473 g/mol. The van der Waals surface area contributed by atoms with Crippen LogP contribution in [0.5, 0.6) is 5.75 Å². The van der Waals surface area contributed by atoms with Gasteiger partial charge in [0.2, 0.25) is 0 Å². The van der Waals surface area contributed by atoms with Crippen LogP contribution in [0.1, 0.15) is 62.3 Å². The fourth-order valence-electron chi connectivity index (χ4n) is 6.71. The molecule has 5 heterocycles. The number of hydrogen-bond donors (Lipinski definition) is 1. The molecule has 6 rings (SSSR count). The van der Waals surface area contributed by atoms with Crippen molar-refractivity contribution in [1.29, 1.82) is 0 Å². The van der Waals surface area contributed by atoms with Crippen molar-refractivity contribution in [3.05, 3.63) is 47.3 Å². The zero-order chi connectivity index (χ0) is 23.9. The lowest BCUT2D eigenvalue weighted by Crippen LogP contribution is -2.48. The molecule has 3 aliphatic heterocycles. The Labute approximate surface area is 209 Å². The summed E-state index contributed by atoms with van der Waals surface area (Å²) in [5, 5.41) is 1.38. The van der Waals surface area contributed by atoms with E-state index in [0.29, 0.717) is 12.5 Å². The van der Waals surface area contributed by atoms with Gasteiger partial charge in [-0.2, -0.15) is 0 Å². The number of pyridine rings is 1. The number of hydrogen-bond acceptors (Lipinski definition) is 4. The predicted octanol–water partition coefficient (Wildman–Crippen LogP) is 5.77. The van der Waals surface area contributed by atoms with Gasteiger partial charge < -0.3 is 19.5 Å². The quantitative estimate of drug-likeness (QED) is 0.523. The predicted molar refractivity (Wildman–Crippen MR) is 143 cm³/mol. The Balaban J connectivity index is 1.16. The summed E-state index contributed by atoms with van der Waals surface area (Å²) in [6, 6.07) is 10.1. The van der Waals surface area contributed by atoms with E-state index < -0.39 is 0 Å². The molecule has 2 aromatic heterocycles. The van der Waals surface area contributed by atoms with Crippen molar-refractivity contribution in [2.75, 3.05) is 39.3 Å². The lowest BCUT2D eigenvalue weighted by molar-refractivity contribution is 0.0828. The Bertz CT molecular complexity index is 1180. The van der Waals surface area contributed by atoms with Gasteiger partial charge in [-0.1, -0.05) is 19.9 Å². The van der Waals surface area contributed by atoms with E-state index >= 15 is 0 Å². The molecular formula is C30H40N4O. The van der Waals surface area contributed by atoms with Crippen molar-refractivity contribution in [1.82, 2.24) is 19.8 Å². The Morgan fingerprint density at radius 1 is 1.06 bits per heavy atom. The van der Waals surface area contributed by atoms with Crippen LogP contribution < -0.4 is 4.74 Å². The molecule has 35 heavy (non-hydrogen) atoms. The van der Waals surface area contributed by atoms with Crippen molar-refractivity contribution in [3.63, 3.8) is 0 Å². The van der Waals surface area contributed by atoms with Gasteiger partial charge in [0.25, 0.3) is 0 Å². The molecule has 0 bridgehead atoms. The molecule has 3 aromatic rings. The Morgan fingerprint density at radius 2 is 1.86 bits per heavy atom. The second-order valence-electron chi connectivity index (χ2n) is 11.4. The normalized spacial score (nSPS) is 20.6. The number of benzene rings is 1. The molecule has 0 radical (unpaired) electrons. The van der Waals surface area contributed by atoms with Gasteiger partial charge >= 0.3 is 0 Å². The first-order chi connectivity index (χ1) is 17.0. The third kappa shape index (κ3) is 4.61. The van der Waals surface area contributed by atoms with Gasteiger partial charge in [0.1, 0.15) is 5.75 Å². The fourth-order valence-corrected chi connectivity index (χ4v) is 6.71. The topological polar surface area (TPSA) is 44.4 Å². The SMILES string of the molecule is Cc1cc2c(cn1)OCCc1c-2[nH]c2ccc(C3CCN(C4CCN(CC(C)C)CC4)CC3)cc12. The van der Waals surface area contributed by atoms with Crippen LogP contribution in [-0.4, -0.2) is 65.1 Å². The van der Waals surface area contributed by atoms with Crippen molar-refractivity contribution in [2.45, 2.75) is 64.8 Å². The van der Waals surface area contributed by atoms with E-state index in [4.69, 9.17) is 4.74 Å². The second kappa shape index (κ2) is 9.59. The van der Waals surface area contributed by atoms with Crippen LogP contribution in [0.2, 0.25) is 0 Å². The Hall–Kier alpha value is -2.37. The van der Waals surface area contributed by atoms with Gasteiger partial charge in [-0.25, -0.2) is 0 Å². The number of aromatic nitrogens is 2. The van der Waals surface area contributed by atoms with E-state index in [2.05, 4.69) is 57.9 Å². The van der Waals surface area contributed by atoms with Crippen molar-refractivity contribution in [3.8, 4) is 17.0 Å². The van der Waals surface area contributed by atoms with Crippen LogP contribution in [0.25, 0.3) is 22.2 Å². The highest BCUT2D eigenvalue weighted by Gasteiger charge is 2.29. The zero-order valence-corrected chi connectivity index (χ0v) is 21.6. The molecular weight excluding hydrogens is 432 g/mol. The maximum absolute atomic E-state index is 6.04. The van der Waals surface area contributed by atoms with Crippen LogP contribution in [0.3, 0.4) is 0 Å². The van der Waals surface area contributed by atoms with Gasteiger partial charge in [0.15, 0.2) is 0 Å². The van der Waals surface area contributed by atoms with Crippen molar-refractivity contribution in [2.24, 2.45) is 5.92 Å². The Morgan fingerprint density at radius 3 is 2.63 bits per heavy atom. The molecule has 2 fully saturated rings. The van der Waals surface area contributed by atoms with Gasteiger partial charge in [-0.05, 0) is 99.9 Å². The maximum atomic E-state index is 6.04. The van der Waals surface area contributed by atoms with E-state index in [0.717, 1.165) is 35.4 Å². The summed E-state index contributed by atoms with van der Waals surface area (Å²) in [5.74, 6) is 2.34. The number of H-pyrrole nitrogens is 1. The third-order valence-corrected chi connectivity index (χ3v) is 8.51. The summed E-state index contributed by atoms with van der Waals surface area (Å²) in [7, 11) is 0. The van der Waals surface area contributed by atoms with Crippen LogP contribution in [-0.2, 0) is 6.42 Å². The van der Waals surface area contributed by atoms with Crippen LogP contribution in [0.4, 0.5) is 0 Å². The summed E-state index contributed by atoms with van der Waals surface area (Å²) in [6.07, 6.45) is 8.05. The molecule has 0 unspecified atom stereocenters. The number of aromatic amines is 1. The molecule has 0 aliphatic carbocycles. The average Bonchev–Trinajstić information content (AvgIpc) is 3.13. The van der Waals surface area contributed by atoms with E-state index in [1.165, 1.54) is 86.1 Å². The lowest BCUT2D eigenvalue weighted by Gasteiger charge is -2.42. The number of aryl methyl sites for hydroxylation is 1. The number of fused-ring (bicyclic) bond motifs is 5. The zero-order valence-electron chi connectivity index (χ0n) is 21.6. The van der Waals surface area contributed by atoms with Crippen LogP contribution >= 0.6 is 0 Å². The van der Waals surface area contributed by atoms with Crippen molar-refractivity contribution < 1.29 is 4.74 Å². The van der Waals surface area contributed by atoms with E-state index in [9.17, 15) is 0 Å². The second-order valence-corrected chi connectivity index (χ2v) is 11.4. The molecule has 1 N–H and O–H groups in total. The molecule has 2 saturated heterocycles. The number of likely N-dealkylation sites (tertiary alicyclic amines) is 2. The standard InChI is InChI=1S/C30H40N4O/c1-20(2)19-33-11-8-24(9-12-33)34-13-6-22(7-14-34)23-4-5-28-26(17-23)25-10-15-35-29-18-31-21(3)16-27(29)30(25)32-28/h4-5,16-18,20,22,24,32H,6-15,19H2,1-3H3. The van der Waals surface area contributed by atoms with Gasteiger partial charge in [0, 0.05) is 41.2 Å². The number of rotatable bonds is 4. The number of ether oxygens (including phenoxy) is 1. The van der Waals surface area contributed by atoms with E-state index in [1.807, 2.05) is 13.1 Å². The smallest absolute Gasteiger partial charge is 0.146 e. The maximum Gasteiger partial charge on any atom is 0.146 e. The summed E-state index contributed by atoms with van der Waals surface area (Å²) in [4.78, 5) is 13.6. The van der Waals surface area contributed by atoms with E-state index in [-0.39, 0.29) is 0 Å². The Kier molecular flexibility index (Phi) is 6.32. The first-order valence-corrected chi connectivity index (χ1v) is 13.8. The summed E-state index contributed by atoms with van der Waals surface area (Å²) in [6.45, 7) is 13.7. The highest BCUT2D eigenvalue weighted by atomic mass is 16.5. The summed E-state index contributed by atoms with van der Waals surface area (Å²) >= 11 is 0. The molecule has 5 heteroatoms. The van der Waals surface area contributed by atoms with Crippen LogP contribution in [0, 0.1) is 12.8 Å². The minimum absolute atomic E-state index is 0.669. The minimum Gasteiger partial charge on any atom is -0.491 e. The third-order valence-electron chi connectivity index (χ3n) is 8.51. The first kappa shape index (κ1) is 23.1. The van der Waals surface area contributed by atoms with Gasteiger partial charge in [0.05, 0.1) is 18.5 Å². The molecule has 1 aromatic carbocycles. The number of piperidine rings is 2. The van der Waals surface area contributed by atoms with Crippen LogP contribution in [0.15, 0.2) is 30.5 Å². The number of nitrogens with one attached hydrogen (secondary N) is 1. The summed E-state index contributed by atoms with van der Waals surface area (Å²) in [5.41, 5.74) is 7.55. The summed E-state index contributed by atoms with van der Waals surface area (Å²) < 4.78 is 6.04. The van der Waals surface area contributed by atoms with E-state index in [1.54, 1.807) is 0 Å². The monoisotopic (exact) mass is 472 g/mol. The molecule has 3 aliphatic rings. The molecule has 186 valence electrons. The minimum atomic E-state index is 0.669. The fraction of sp³-hybridized carbons (Fsp3) is 0.567. The van der Waals surface area contributed by atoms with Crippen molar-refractivity contribution >= 4 is 10.9 Å². The molecule has 0 saturated carbocycles. The van der Waals surface area contributed by atoms with Gasteiger partial charge in [-0.15, -0.1) is 0 Å². The first-order valence-electron chi connectivity index (χ1n) is 13.8. The van der Waals surface area contributed by atoms with Gasteiger partial charge in [-0.3, -0.25) is 4.98 Å². The largest absolute Gasteiger partial charge is 0.491 e. The number of nitrogens with zero attached hydrogens (tertiary/aromatic N) is 3. The molecule has 0 atom stereocenters.